The molecule has 6 N–H and O–H groups in total. The van der Waals surface area contributed by atoms with Gasteiger partial charge in [0.2, 0.25) is 5.95 Å². The summed E-state index contributed by atoms with van der Waals surface area (Å²) in [6, 6.07) is 2.58. The number of hydrogen-bond donors (Lipinski definition) is 5. The second kappa shape index (κ2) is 13.4. The number of rotatable bonds is 13. The monoisotopic (exact) mass is 471 g/mol. The molecule has 0 aromatic carbocycles. The highest BCUT2D eigenvalue weighted by Crippen LogP contribution is 2.18. The summed E-state index contributed by atoms with van der Waals surface area (Å²) in [7, 11) is 0. The van der Waals surface area contributed by atoms with Crippen molar-refractivity contribution in [2.75, 3.05) is 61.8 Å². The standard InChI is InChI=1S/C23H41N11/c24-21-16-22(33-14-11-26-12-15-33)30-23(29-21)28-17-20-18-34(32-31-20)13-5-9-25-8-4-10-27-19-6-2-1-3-7-19/h16,18-19,25-27H,1-15,17H2,(H3,24,28,29,30). The van der Waals surface area contributed by atoms with E-state index in [4.69, 9.17) is 5.73 Å². The van der Waals surface area contributed by atoms with Crippen molar-refractivity contribution >= 4 is 17.6 Å². The van der Waals surface area contributed by atoms with Crippen LogP contribution in [0.25, 0.3) is 0 Å². The lowest BCUT2D eigenvalue weighted by molar-refractivity contribution is 0.371. The molecule has 1 saturated heterocycles. The highest BCUT2D eigenvalue weighted by Gasteiger charge is 2.14. The first kappa shape index (κ1) is 24.6. The van der Waals surface area contributed by atoms with Crippen LogP contribution in [-0.4, -0.2) is 76.8 Å². The van der Waals surface area contributed by atoms with Crippen LogP contribution in [0, 0.1) is 0 Å². The topological polar surface area (TPSA) is 134 Å². The fourth-order valence-corrected chi connectivity index (χ4v) is 4.60. The normalized spacial score (nSPS) is 17.2. The van der Waals surface area contributed by atoms with E-state index in [9.17, 15) is 0 Å². The van der Waals surface area contributed by atoms with Gasteiger partial charge in [0.1, 0.15) is 17.3 Å². The number of piperazine rings is 1. The molecule has 0 atom stereocenters. The summed E-state index contributed by atoms with van der Waals surface area (Å²) in [6.45, 7) is 8.24. The van der Waals surface area contributed by atoms with Gasteiger partial charge in [0.15, 0.2) is 0 Å². The fourth-order valence-electron chi connectivity index (χ4n) is 4.60. The average Bonchev–Trinajstić information content (AvgIpc) is 3.33. The van der Waals surface area contributed by atoms with Crippen molar-refractivity contribution in [3.05, 3.63) is 18.0 Å². The fraction of sp³-hybridized carbons (Fsp3) is 0.739. The molecule has 0 spiro atoms. The van der Waals surface area contributed by atoms with Gasteiger partial charge in [0.05, 0.1) is 12.7 Å². The molecule has 34 heavy (non-hydrogen) atoms. The van der Waals surface area contributed by atoms with Crippen molar-refractivity contribution in [2.24, 2.45) is 0 Å². The number of nitrogens with one attached hydrogen (secondary N) is 4. The van der Waals surface area contributed by atoms with Crippen molar-refractivity contribution < 1.29 is 0 Å². The number of nitrogen functional groups attached to an aromatic ring is 1. The first-order chi connectivity index (χ1) is 16.8. The van der Waals surface area contributed by atoms with Gasteiger partial charge in [-0.2, -0.15) is 9.97 Å². The largest absolute Gasteiger partial charge is 0.383 e. The lowest BCUT2D eigenvalue weighted by Gasteiger charge is -2.28. The van der Waals surface area contributed by atoms with E-state index in [-0.39, 0.29) is 0 Å². The molecule has 0 unspecified atom stereocenters. The number of hydrogen-bond acceptors (Lipinski definition) is 10. The zero-order chi connectivity index (χ0) is 23.4. The maximum Gasteiger partial charge on any atom is 0.226 e. The lowest BCUT2D eigenvalue weighted by Crippen LogP contribution is -2.44. The van der Waals surface area contributed by atoms with E-state index in [1.165, 1.54) is 38.5 Å². The van der Waals surface area contributed by atoms with Crippen LogP contribution in [0.4, 0.5) is 17.6 Å². The van der Waals surface area contributed by atoms with Crippen LogP contribution in [0.15, 0.2) is 12.3 Å². The van der Waals surface area contributed by atoms with Crippen LogP contribution >= 0.6 is 0 Å². The van der Waals surface area contributed by atoms with Gasteiger partial charge < -0.3 is 31.9 Å². The van der Waals surface area contributed by atoms with Gasteiger partial charge >= 0.3 is 0 Å². The van der Waals surface area contributed by atoms with Crippen molar-refractivity contribution in [3.63, 3.8) is 0 Å². The summed E-state index contributed by atoms with van der Waals surface area (Å²) >= 11 is 0. The van der Waals surface area contributed by atoms with Crippen LogP contribution in [0.5, 0.6) is 0 Å². The molecule has 1 aliphatic carbocycles. The van der Waals surface area contributed by atoms with E-state index in [1.54, 1.807) is 0 Å². The van der Waals surface area contributed by atoms with Gasteiger partial charge in [-0.05, 0) is 45.3 Å². The Bertz CT molecular complexity index is 843. The molecule has 188 valence electrons. The minimum Gasteiger partial charge on any atom is -0.383 e. The maximum absolute atomic E-state index is 6.00. The zero-order valence-corrected chi connectivity index (χ0v) is 20.3. The van der Waals surface area contributed by atoms with Gasteiger partial charge in [0, 0.05) is 44.8 Å². The average molecular weight is 472 g/mol. The molecular weight excluding hydrogens is 430 g/mol. The third-order valence-corrected chi connectivity index (χ3v) is 6.50. The van der Waals surface area contributed by atoms with Crippen LogP contribution in [0.2, 0.25) is 0 Å². The predicted molar refractivity (Wildman–Crippen MR) is 136 cm³/mol. The second-order valence-corrected chi connectivity index (χ2v) is 9.28. The Labute approximate surface area is 202 Å². The lowest BCUT2D eigenvalue weighted by atomic mass is 9.95. The highest BCUT2D eigenvalue weighted by molar-refractivity contribution is 5.51. The first-order valence-electron chi connectivity index (χ1n) is 12.9. The summed E-state index contributed by atoms with van der Waals surface area (Å²) in [6.07, 6.45) is 11.1. The van der Waals surface area contributed by atoms with Crippen LogP contribution < -0.4 is 31.9 Å². The minimum atomic E-state index is 0.465. The second-order valence-electron chi connectivity index (χ2n) is 9.28. The van der Waals surface area contributed by atoms with Crippen LogP contribution in [0.1, 0.15) is 50.6 Å². The molecule has 1 saturated carbocycles. The highest BCUT2D eigenvalue weighted by atomic mass is 15.4. The third kappa shape index (κ3) is 8.07. The van der Waals surface area contributed by atoms with E-state index < -0.39 is 0 Å². The molecular formula is C23H41N11. The number of aryl methyl sites for hydroxylation is 1. The molecule has 1 aliphatic heterocycles. The molecule has 11 nitrogen and oxygen atoms in total. The van der Waals surface area contributed by atoms with E-state index >= 15 is 0 Å². The van der Waals surface area contributed by atoms with Gasteiger partial charge in [-0.3, -0.25) is 4.68 Å². The summed E-state index contributed by atoms with van der Waals surface area (Å²) in [5.74, 6) is 1.84. The molecule has 11 heteroatoms. The summed E-state index contributed by atoms with van der Waals surface area (Å²) < 4.78 is 1.90. The van der Waals surface area contributed by atoms with Gasteiger partial charge in [0.25, 0.3) is 0 Å². The van der Waals surface area contributed by atoms with Crippen molar-refractivity contribution in [1.29, 1.82) is 0 Å². The number of anilines is 3. The summed E-state index contributed by atoms with van der Waals surface area (Å²) in [5.41, 5.74) is 6.86. The Morgan fingerprint density at radius 3 is 2.71 bits per heavy atom. The molecule has 2 aliphatic rings. The molecule has 0 radical (unpaired) electrons. The molecule has 0 amide bonds. The van der Waals surface area contributed by atoms with E-state index in [0.29, 0.717) is 18.3 Å². The molecule has 2 fully saturated rings. The molecule has 3 heterocycles. The molecule has 2 aromatic heterocycles. The van der Waals surface area contributed by atoms with E-state index in [2.05, 4.69) is 46.4 Å². The smallest absolute Gasteiger partial charge is 0.226 e. The van der Waals surface area contributed by atoms with E-state index in [1.807, 2.05) is 16.9 Å². The SMILES string of the molecule is Nc1cc(N2CCNCC2)nc(NCc2cn(CCCNCCCNC3CCCCC3)nn2)n1. The molecule has 4 rings (SSSR count). The molecule has 0 bridgehead atoms. The van der Waals surface area contributed by atoms with Gasteiger partial charge in [-0.1, -0.05) is 24.5 Å². The summed E-state index contributed by atoms with van der Waals surface area (Å²) in [4.78, 5) is 11.2. The van der Waals surface area contributed by atoms with Crippen molar-refractivity contribution in [2.45, 2.75) is 64.1 Å². The first-order valence-corrected chi connectivity index (χ1v) is 12.9. The maximum atomic E-state index is 6.00. The number of aromatic nitrogens is 5. The summed E-state index contributed by atoms with van der Waals surface area (Å²) in [5, 5.41) is 22.3. The van der Waals surface area contributed by atoms with Gasteiger partial charge in [-0.15, -0.1) is 5.10 Å². The van der Waals surface area contributed by atoms with Crippen molar-refractivity contribution in [3.8, 4) is 0 Å². The van der Waals surface area contributed by atoms with Crippen LogP contribution in [0.3, 0.4) is 0 Å². The Morgan fingerprint density at radius 2 is 1.85 bits per heavy atom. The quantitative estimate of drug-likeness (QED) is 0.269. The van der Waals surface area contributed by atoms with Gasteiger partial charge in [-0.25, -0.2) is 0 Å². The minimum absolute atomic E-state index is 0.465. The molecule has 2 aromatic rings. The van der Waals surface area contributed by atoms with E-state index in [0.717, 1.165) is 76.3 Å². The van der Waals surface area contributed by atoms with Crippen LogP contribution in [-0.2, 0) is 13.1 Å². The number of nitrogens with zero attached hydrogens (tertiary/aromatic N) is 6. The number of nitrogens with two attached hydrogens (primary N) is 1. The Balaban J connectivity index is 1.10. The predicted octanol–water partition coefficient (Wildman–Crippen LogP) is 0.964. The third-order valence-electron chi connectivity index (χ3n) is 6.50. The Morgan fingerprint density at radius 1 is 1.03 bits per heavy atom. The zero-order valence-electron chi connectivity index (χ0n) is 20.3. The Hall–Kier alpha value is -2.50. The van der Waals surface area contributed by atoms with Crippen molar-refractivity contribution in [1.82, 2.24) is 40.9 Å². The Kier molecular flexibility index (Phi) is 9.71.